The number of hydrogen-bond acceptors (Lipinski definition) is 5. The van der Waals surface area contributed by atoms with E-state index >= 15 is 0 Å². The Hall–Kier alpha value is -3.16. The van der Waals surface area contributed by atoms with E-state index in [0.29, 0.717) is 26.2 Å². The minimum absolute atomic E-state index is 0.372. The fraction of sp³-hybridized carbons (Fsp3) is 0.250. The van der Waals surface area contributed by atoms with Crippen LogP contribution >= 0.6 is 0 Å². The van der Waals surface area contributed by atoms with Gasteiger partial charge in [0, 0.05) is 49.8 Å². The van der Waals surface area contributed by atoms with Crippen LogP contribution in [0.25, 0.3) is 22.3 Å². The number of amides is 2. The van der Waals surface area contributed by atoms with E-state index in [1.54, 1.807) is 17.4 Å². The number of rotatable bonds is 2. The number of H-pyrrole nitrogens is 1. The summed E-state index contributed by atoms with van der Waals surface area (Å²) in [5, 5.41) is 0.962. The molecule has 2 amide bonds. The van der Waals surface area contributed by atoms with Crippen molar-refractivity contribution < 1.29 is 4.79 Å². The lowest BCUT2D eigenvalue weighted by Gasteiger charge is -2.34. The van der Waals surface area contributed by atoms with Gasteiger partial charge in [-0.25, -0.2) is 14.8 Å². The zero-order valence-corrected chi connectivity index (χ0v) is 13.0. The highest BCUT2D eigenvalue weighted by Crippen LogP contribution is 2.28. The highest BCUT2D eigenvalue weighted by Gasteiger charge is 2.22. The van der Waals surface area contributed by atoms with E-state index in [0.717, 1.165) is 28.1 Å². The predicted molar refractivity (Wildman–Crippen MR) is 90.5 cm³/mol. The lowest BCUT2D eigenvalue weighted by atomic mass is 10.2. The first kappa shape index (κ1) is 14.4. The number of nitrogens with one attached hydrogen (secondary N) is 1. The molecule has 4 rings (SSSR count). The van der Waals surface area contributed by atoms with Crippen LogP contribution in [0.1, 0.15) is 0 Å². The van der Waals surface area contributed by atoms with Gasteiger partial charge in [0.25, 0.3) is 0 Å². The zero-order valence-electron chi connectivity index (χ0n) is 13.0. The van der Waals surface area contributed by atoms with Gasteiger partial charge in [-0.05, 0) is 18.2 Å². The van der Waals surface area contributed by atoms with Crippen LogP contribution in [0.3, 0.4) is 0 Å². The maximum atomic E-state index is 11.3. The Morgan fingerprint density at radius 3 is 2.75 bits per heavy atom. The van der Waals surface area contributed by atoms with Gasteiger partial charge in [-0.3, -0.25) is 4.98 Å². The molecule has 0 aliphatic carbocycles. The van der Waals surface area contributed by atoms with E-state index in [4.69, 9.17) is 5.73 Å². The second kappa shape index (κ2) is 5.80. The molecule has 1 aliphatic heterocycles. The summed E-state index contributed by atoms with van der Waals surface area (Å²) in [6, 6.07) is 5.57. The van der Waals surface area contributed by atoms with Crippen molar-refractivity contribution in [3.05, 3.63) is 36.9 Å². The number of primary amides is 1. The molecule has 1 fully saturated rings. The van der Waals surface area contributed by atoms with Crippen molar-refractivity contribution >= 4 is 22.9 Å². The third kappa shape index (κ3) is 2.51. The van der Waals surface area contributed by atoms with Crippen molar-refractivity contribution in [3.8, 4) is 11.3 Å². The number of nitrogens with zero attached hydrogens (tertiary/aromatic N) is 5. The molecule has 0 bridgehead atoms. The van der Waals surface area contributed by atoms with Gasteiger partial charge >= 0.3 is 6.03 Å². The molecule has 8 heteroatoms. The number of nitrogens with two attached hydrogens (primary N) is 1. The normalized spacial score (nSPS) is 15.0. The molecule has 0 spiro atoms. The van der Waals surface area contributed by atoms with E-state index in [-0.39, 0.29) is 6.03 Å². The average molecular weight is 323 g/mol. The maximum Gasteiger partial charge on any atom is 0.314 e. The molecule has 122 valence electrons. The molecule has 1 saturated heterocycles. The Kier molecular flexibility index (Phi) is 3.49. The second-order valence-electron chi connectivity index (χ2n) is 5.70. The third-order valence-corrected chi connectivity index (χ3v) is 4.27. The predicted octanol–water partition coefficient (Wildman–Crippen LogP) is 1.22. The Morgan fingerprint density at radius 1 is 1.21 bits per heavy atom. The average Bonchev–Trinajstić information content (AvgIpc) is 3.07. The standard InChI is InChI=1S/C16H17N7O/c17-16(24)23-6-4-22(5-7-23)15-12-8-13(11-2-1-3-18-9-11)21-14(12)19-10-20-15/h1-3,8-10H,4-7H2,(H2,17,24)(H,19,20,21). The van der Waals surface area contributed by atoms with Crippen LogP contribution in [0.4, 0.5) is 10.6 Å². The van der Waals surface area contributed by atoms with Crippen LogP contribution in [0.15, 0.2) is 36.9 Å². The van der Waals surface area contributed by atoms with Gasteiger partial charge in [0.15, 0.2) is 0 Å². The van der Waals surface area contributed by atoms with Gasteiger partial charge in [-0.2, -0.15) is 0 Å². The van der Waals surface area contributed by atoms with Crippen molar-refractivity contribution in [3.63, 3.8) is 0 Å². The Bertz CT molecular complexity index is 869. The first-order valence-electron chi connectivity index (χ1n) is 7.76. The van der Waals surface area contributed by atoms with Crippen LogP contribution in [-0.2, 0) is 0 Å². The number of hydrogen-bond donors (Lipinski definition) is 2. The Labute approximate surface area is 138 Å². The number of aromatic amines is 1. The van der Waals surface area contributed by atoms with Gasteiger partial charge in [-0.1, -0.05) is 0 Å². The van der Waals surface area contributed by atoms with Gasteiger partial charge < -0.3 is 20.5 Å². The number of fused-ring (bicyclic) bond motifs is 1. The maximum absolute atomic E-state index is 11.3. The van der Waals surface area contributed by atoms with Gasteiger partial charge in [-0.15, -0.1) is 0 Å². The summed E-state index contributed by atoms with van der Waals surface area (Å²) in [6.45, 7) is 2.59. The fourth-order valence-corrected chi connectivity index (χ4v) is 2.99. The summed E-state index contributed by atoms with van der Waals surface area (Å²) in [6.07, 6.45) is 5.11. The van der Waals surface area contributed by atoms with Crippen LogP contribution in [0, 0.1) is 0 Å². The van der Waals surface area contributed by atoms with E-state index in [2.05, 4.69) is 24.8 Å². The summed E-state index contributed by atoms with van der Waals surface area (Å²) in [7, 11) is 0. The fourth-order valence-electron chi connectivity index (χ4n) is 2.99. The van der Waals surface area contributed by atoms with Crippen LogP contribution in [0.5, 0.6) is 0 Å². The highest BCUT2D eigenvalue weighted by atomic mass is 16.2. The van der Waals surface area contributed by atoms with Crippen LogP contribution < -0.4 is 10.6 Å². The quantitative estimate of drug-likeness (QED) is 0.738. The van der Waals surface area contributed by atoms with Gasteiger partial charge in [0.1, 0.15) is 17.8 Å². The zero-order chi connectivity index (χ0) is 16.5. The molecule has 0 atom stereocenters. The van der Waals surface area contributed by atoms with Gasteiger partial charge in [0.2, 0.25) is 0 Å². The smallest absolute Gasteiger partial charge is 0.314 e. The molecule has 0 unspecified atom stereocenters. The number of piperazine rings is 1. The van der Waals surface area contributed by atoms with Crippen molar-refractivity contribution in [2.24, 2.45) is 5.73 Å². The molecular weight excluding hydrogens is 306 g/mol. The highest BCUT2D eigenvalue weighted by molar-refractivity contribution is 5.92. The molecule has 0 saturated carbocycles. The summed E-state index contributed by atoms with van der Waals surface area (Å²) >= 11 is 0. The lowest BCUT2D eigenvalue weighted by Crippen LogP contribution is -2.50. The van der Waals surface area contributed by atoms with Crippen molar-refractivity contribution in [2.75, 3.05) is 31.1 Å². The Balaban J connectivity index is 1.67. The SMILES string of the molecule is NC(=O)N1CCN(c2ncnc3[nH]c(-c4cccnc4)cc23)CC1. The topological polar surface area (TPSA) is 104 Å². The third-order valence-electron chi connectivity index (χ3n) is 4.27. The molecule has 0 aromatic carbocycles. The molecule has 4 heterocycles. The molecule has 3 N–H and O–H groups in total. The summed E-state index contributed by atoms with van der Waals surface area (Å²) < 4.78 is 0. The number of carbonyl (C=O) groups is 1. The number of aromatic nitrogens is 4. The number of urea groups is 1. The molecule has 0 radical (unpaired) electrons. The monoisotopic (exact) mass is 323 g/mol. The molecular formula is C16H17N7O. The number of anilines is 1. The minimum Gasteiger partial charge on any atom is -0.352 e. The summed E-state index contributed by atoms with van der Waals surface area (Å²) in [5.41, 5.74) is 8.08. The molecule has 3 aromatic rings. The lowest BCUT2D eigenvalue weighted by molar-refractivity contribution is 0.204. The van der Waals surface area contributed by atoms with Crippen molar-refractivity contribution in [1.29, 1.82) is 0 Å². The van der Waals surface area contributed by atoms with Crippen LogP contribution in [0.2, 0.25) is 0 Å². The largest absolute Gasteiger partial charge is 0.352 e. The molecule has 8 nitrogen and oxygen atoms in total. The number of carbonyl (C=O) groups excluding carboxylic acids is 1. The first-order chi connectivity index (χ1) is 11.7. The van der Waals surface area contributed by atoms with Crippen molar-refractivity contribution in [1.82, 2.24) is 24.8 Å². The van der Waals surface area contributed by atoms with Crippen LogP contribution in [-0.4, -0.2) is 57.0 Å². The summed E-state index contributed by atoms with van der Waals surface area (Å²) in [5.74, 6) is 0.871. The van der Waals surface area contributed by atoms with E-state index in [1.807, 2.05) is 24.4 Å². The molecule has 24 heavy (non-hydrogen) atoms. The van der Waals surface area contributed by atoms with Crippen molar-refractivity contribution in [2.45, 2.75) is 0 Å². The van der Waals surface area contributed by atoms with E-state index < -0.39 is 0 Å². The number of pyridine rings is 1. The Morgan fingerprint density at radius 2 is 2.04 bits per heavy atom. The second-order valence-corrected chi connectivity index (χ2v) is 5.70. The first-order valence-corrected chi connectivity index (χ1v) is 7.76. The molecule has 1 aliphatic rings. The van der Waals surface area contributed by atoms with E-state index in [1.165, 1.54) is 0 Å². The summed E-state index contributed by atoms with van der Waals surface area (Å²) in [4.78, 5) is 31.3. The molecule has 3 aromatic heterocycles. The van der Waals surface area contributed by atoms with E-state index in [9.17, 15) is 4.79 Å². The van der Waals surface area contributed by atoms with Gasteiger partial charge in [0.05, 0.1) is 5.39 Å². The minimum atomic E-state index is -0.372.